The van der Waals surface area contributed by atoms with E-state index in [2.05, 4.69) is 11.1 Å². The van der Waals surface area contributed by atoms with E-state index in [0.29, 0.717) is 0 Å². The molecule has 0 fully saturated rings. The van der Waals surface area contributed by atoms with Gasteiger partial charge < -0.3 is 10.1 Å². The van der Waals surface area contributed by atoms with Crippen molar-refractivity contribution >= 4 is 10.9 Å². The van der Waals surface area contributed by atoms with Crippen LogP contribution < -0.4 is 0 Å². The van der Waals surface area contributed by atoms with Gasteiger partial charge in [0.05, 0.1) is 6.10 Å². The molecule has 1 aromatic carbocycles. The third-order valence-electron chi connectivity index (χ3n) is 2.42. The van der Waals surface area contributed by atoms with E-state index in [0.717, 1.165) is 16.8 Å². The number of nitrogens with one attached hydrogen (secondary N) is 1. The van der Waals surface area contributed by atoms with Crippen molar-refractivity contribution in [2.75, 3.05) is 0 Å². The van der Waals surface area contributed by atoms with E-state index in [1.807, 2.05) is 52.8 Å². The molecule has 0 spiro atoms. The molecule has 2 N–H and O–H groups in total. The van der Waals surface area contributed by atoms with Gasteiger partial charge in [-0.3, -0.25) is 0 Å². The first kappa shape index (κ1) is 15.7. The molecule has 1 heterocycles. The maximum atomic E-state index is 9.47. The summed E-state index contributed by atoms with van der Waals surface area (Å²) in [5.41, 5.74) is 3.16. The third kappa shape index (κ3) is 3.60. The number of H-pyrrole nitrogens is 1. The second kappa shape index (κ2) is 7.91. The number of aliphatic hydroxyl groups is 1. The maximum Gasteiger partial charge on any atom is 0.0912 e. The van der Waals surface area contributed by atoms with Crippen molar-refractivity contribution in [2.24, 2.45) is 0 Å². The zero-order chi connectivity index (χ0) is 13.4. The summed E-state index contributed by atoms with van der Waals surface area (Å²) >= 11 is 0. The summed E-state index contributed by atoms with van der Waals surface area (Å²) < 4.78 is 0. The van der Waals surface area contributed by atoms with Crippen molar-refractivity contribution in [3.05, 3.63) is 35.5 Å². The van der Waals surface area contributed by atoms with E-state index in [1.165, 1.54) is 5.39 Å². The monoisotopic (exact) mass is 235 g/mol. The molecule has 2 aromatic rings. The molecule has 17 heavy (non-hydrogen) atoms. The predicted molar refractivity (Wildman–Crippen MR) is 76.4 cm³/mol. The number of aryl methyl sites for hydroxylation is 1. The average molecular weight is 235 g/mol. The number of hydrogen-bond donors (Lipinski definition) is 2. The summed E-state index contributed by atoms with van der Waals surface area (Å²) in [5, 5.41) is 10.7. The first-order valence-corrected chi connectivity index (χ1v) is 6.45. The van der Waals surface area contributed by atoms with Gasteiger partial charge in [-0.25, -0.2) is 0 Å². The lowest BCUT2D eigenvalue weighted by Gasteiger charge is -2.01. The highest BCUT2D eigenvalue weighted by molar-refractivity contribution is 5.84. The molecule has 0 amide bonds. The molecule has 2 rings (SSSR count). The van der Waals surface area contributed by atoms with Crippen molar-refractivity contribution in [2.45, 2.75) is 47.6 Å². The van der Waals surface area contributed by atoms with Crippen molar-refractivity contribution in [3.63, 3.8) is 0 Å². The number of rotatable bonds is 1. The number of aliphatic hydroxyl groups excluding tert-OH is 1. The standard InChI is InChI=1S/C11H13NO.2C2H6/c1-7-9-5-3-4-6-10(9)12-11(7)8(2)13;2*1-2/h3-6,8,12-13H,1-2H3;2*1-2H3. The Morgan fingerprint density at radius 1 is 1.06 bits per heavy atom. The second-order valence-electron chi connectivity index (χ2n) is 3.39. The highest BCUT2D eigenvalue weighted by atomic mass is 16.3. The second-order valence-corrected chi connectivity index (χ2v) is 3.39. The normalized spacial score (nSPS) is 11.0. The Hall–Kier alpha value is -1.28. The fraction of sp³-hybridized carbons (Fsp3) is 0.467. The molecule has 2 heteroatoms. The third-order valence-corrected chi connectivity index (χ3v) is 2.42. The van der Waals surface area contributed by atoms with Gasteiger partial charge in [-0.2, -0.15) is 0 Å². The Balaban J connectivity index is 0.000000581. The maximum absolute atomic E-state index is 9.47. The van der Waals surface area contributed by atoms with Gasteiger partial charge in [-0.15, -0.1) is 0 Å². The quantitative estimate of drug-likeness (QED) is 0.745. The minimum absolute atomic E-state index is 0.424. The van der Waals surface area contributed by atoms with E-state index in [9.17, 15) is 5.11 Å². The van der Waals surface area contributed by atoms with Gasteiger partial charge in [0.1, 0.15) is 0 Å². The zero-order valence-electron chi connectivity index (χ0n) is 11.8. The van der Waals surface area contributed by atoms with Gasteiger partial charge >= 0.3 is 0 Å². The first-order valence-electron chi connectivity index (χ1n) is 6.45. The number of benzene rings is 1. The van der Waals surface area contributed by atoms with Crippen LogP contribution in [0.4, 0.5) is 0 Å². The van der Waals surface area contributed by atoms with Crippen LogP contribution in [0.5, 0.6) is 0 Å². The van der Waals surface area contributed by atoms with Crippen LogP contribution in [0.25, 0.3) is 10.9 Å². The smallest absolute Gasteiger partial charge is 0.0912 e. The van der Waals surface area contributed by atoms with E-state index in [-0.39, 0.29) is 0 Å². The van der Waals surface area contributed by atoms with Crippen LogP contribution in [0, 0.1) is 6.92 Å². The largest absolute Gasteiger partial charge is 0.387 e. The highest BCUT2D eigenvalue weighted by Gasteiger charge is 2.10. The predicted octanol–water partition coefficient (Wildman–Crippen LogP) is 4.58. The molecule has 96 valence electrons. The summed E-state index contributed by atoms with van der Waals surface area (Å²) in [5.74, 6) is 0. The summed E-state index contributed by atoms with van der Waals surface area (Å²) in [6, 6.07) is 8.08. The van der Waals surface area contributed by atoms with Crippen molar-refractivity contribution in [3.8, 4) is 0 Å². The van der Waals surface area contributed by atoms with Crippen LogP contribution in [-0.4, -0.2) is 10.1 Å². The number of para-hydroxylation sites is 1. The van der Waals surface area contributed by atoms with Crippen molar-refractivity contribution < 1.29 is 5.11 Å². The van der Waals surface area contributed by atoms with Crippen LogP contribution in [0.1, 0.15) is 52.0 Å². The molecule has 0 aliphatic rings. The van der Waals surface area contributed by atoms with E-state index >= 15 is 0 Å². The molecule has 1 atom stereocenters. The molecular weight excluding hydrogens is 210 g/mol. The van der Waals surface area contributed by atoms with E-state index in [4.69, 9.17) is 0 Å². The summed E-state index contributed by atoms with van der Waals surface area (Å²) in [6.07, 6.45) is -0.424. The van der Waals surface area contributed by atoms with Gasteiger partial charge in [0, 0.05) is 16.6 Å². The van der Waals surface area contributed by atoms with E-state index < -0.39 is 6.10 Å². The molecule has 0 aliphatic carbocycles. The zero-order valence-corrected chi connectivity index (χ0v) is 11.8. The van der Waals surface area contributed by atoms with Crippen LogP contribution >= 0.6 is 0 Å². The topological polar surface area (TPSA) is 36.0 Å². The summed E-state index contributed by atoms with van der Waals surface area (Å²) in [7, 11) is 0. The van der Waals surface area contributed by atoms with Gasteiger partial charge in [0.2, 0.25) is 0 Å². The lowest BCUT2D eigenvalue weighted by molar-refractivity contribution is 0.194. The first-order chi connectivity index (χ1) is 8.20. The Morgan fingerprint density at radius 2 is 1.59 bits per heavy atom. The number of hydrogen-bond acceptors (Lipinski definition) is 1. The number of aromatic nitrogens is 1. The van der Waals surface area contributed by atoms with Gasteiger partial charge in [-0.05, 0) is 25.5 Å². The van der Waals surface area contributed by atoms with Crippen LogP contribution in [0.15, 0.2) is 24.3 Å². The minimum Gasteiger partial charge on any atom is -0.387 e. The Labute approximate surface area is 105 Å². The molecule has 0 radical (unpaired) electrons. The molecule has 1 unspecified atom stereocenters. The molecule has 2 nitrogen and oxygen atoms in total. The van der Waals surface area contributed by atoms with Crippen molar-refractivity contribution in [1.82, 2.24) is 4.98 Å². The molecule has 0 aliphatic heterocycles. The molecular formula is C15H25NO. The number of fused-ring (bicyclic) bond motifs is 1. The van der Waals surface area contributed by atoms with Crippen molar-refractivity contribution in [1.29, 1.82) is 0 Å². The summed E-state index contributed by atoms with van der Waals surface area (Å²) in [6.45, 7) is 11.8. The van der Waals surface area contributed by atoms with Gasteiger partial charge in [-0.1, -0.05) is 45.9 Å². The minimum atomic E-state index is -0.424. The summed E-state index contributed by atoms with van der Waals surface area (Å²) in [4.78, 5) is 3.21. The lowest BCUT2D eigenvalue weighted by Crippen LogP contribution is -1.92. The number of aromatic amines is 1. The molecule has 0 saturated carbocycles. The van der Waals surface area contributed by atoms with Crippen LogP contribution in [0.3, 0.4) is 0 Å². The van der Waals surface area contributed by atoms with Gasteiger partial charge in [0.15, 0.2) is 0 Å². The molecule has 1 aromatic heterocycles. The molecule has 0 bridgehead atoms. The Kier molecular flexibility index (Phi) is 7.31. The van der Waals surface area contributed by atoms with E-state index in [1.54, 1.807) is 6.92 Å². The lowest BCUT2D eigenvalue weighted by atomic mass is 10.1. The average Bonchev–Trinajstić information content (AvgIpc) is 2.73. The SMILES string of the molecule is CC.CC.Cc1c(C(C)O)[nH]c2ccccc12. The van der Waals surface area contributed by atoms with Gasteiger partial charge in [0.25, 0.3) is 0 Å². The van der Waals surface area contributed by atoms with Crippen LogP contribution in [0.2, 0.25) is 0 Å². The Bertz CT molecular complexity index is 429. The Morgan fingerprint density at radius 3 is 2.06 bits per heavy atom. The highest BCUT2D eigenvalue weighted by Crippen LogP contribution is 2.25. The fourth-order valence-electron chi connectivity index (χ4n) is 1.72. The molecule has 0 saturated heterocycles. The van der Waals surface area contributed by atoms with Crippen LogP contribution in [-0.2, 0) is 0 Å². The fourth-order valence-corrected chi connectivity index (χ4v) is 1.72.